The Hall–Kier alpha value is -1.48. The monoisotopic (exact) mass is 268 g/mol. The largest absolute Gasteiger partial charge is 0.497 e. The van der Waals surface area contributed by atoms with E-state index >= 15 is 0 Å². The SMILES string of the molecule is CC/C(=C\[C@@H](C(=O)O)c1cccc(OC)c1)CCl. The third-order valence-electron chi connectivity index (χ3n) is 2.75. The molecule has 18 heavy (non-hydrogen) atoms. The van der Waals surface area contributed by atoms with Gasteiger partial charge in [-0.25, -0.2) is 0 Å². The van der Waals surface area contributed by atoms with E-state index in [9.17, 15) is 9.90 Å². The Morgan fingerprint density at radius 1 is 1.56 bits per heavy atom. The van der Waals surface area contributed by atoms with E-state index < -0.39 is 11.9 Å². The van der Waals surface area contributed by atoms with E-state index in [4.69, 9.17) is 16.3 Å². The number of alkyl halides is 1. The predicted molar refractivity (Wildman–Crippen MR) is 72.5 cm³/mol. The summed E-state index contributed by atoms with van der Waals surface area (Å²) in [5.41, 5.74) is 1.62. The van der Waals surface area contributed by atoms with Gasteiger partial charge in [0.1, 0.15) is 11.7 Å². The molecule has 0 aliphatic heterocycles. The molecule has 0 aliphatic carbocycles. The normalized spacial score (nSPS) is 13.2. The Balaban J connectivity index is 3.11. The van der Waals surface area contributed by atoms with E-state index in [-0.39, 0.29) is 0 Å². The van der Waals surface area contributed by atoms with Crippen molar-refractivity contribution in [3.8, 4) is 5.75 Å². The molecule has 0 bridgehead atoms. The molecule has 0 radical (unpaired) electrons. The number of benzene rings is 1. The molecule has 3 nitrogen and oxygen atoms in total. The van der Waals surface area contributed by atoms with Gasteiger partial charge >= 0.3 is 5.97 Å². The summed E-state index contributed by atoms with van der Waals surface area (Å²) in [6, 6.07) is 7.08. The van der Waals surface area contributed by atoms with Gasteiger partial charge in [-0.15, -0.1) is 11.6 Å². The van der Waals surface area contributed by atoms with Crippen molar-refractivity contribution in [3.05, 3.63) is 41.5 Å². The molecule has 0 amide bonds. The molecular formula is C14H17ClO3. The van der Waals surface area contributed by atoms with Gasteiger partial charge in [0.15, 0.2) is 0 Å². The molecule has 1 aromatic rings. The van der Waals surface area contributed by atoms with Gasteiger partial charge in [-0.1, -0.05) is 30.7 Å². The molecule has 1 N–H and O–H groups in total. The second-order valence-electron chi connectivity index (χ2n) is 3.90. The number of carbonyl (C=O) groups is 1. The van der Waals surface area contributed by atoms with Crippen LogP contribution < -0.4 is 4.74 Å². The lowest BCUT2D eigenvalue weighted by Crippen LogP contribution is -2.10. The number of allylic oxidation sites excluding steroid dienone is 1. The molecule has 0 fully saturated rings. The van der Waals surface area contributed by atoms with Crippen molar-refractivity contribution in [3.63, 3.8) is 0 Å². The first kappa shape index (κ1) is 14.6. The van der Waals surface area contributed by atoms with Gasteiger partial charge in [-0.05, 0) is 24.1 Å². The van der Waals surface area contributed by atoms with Crippen LogP contribution in [0.2, 0.25) is 0 Å². The van der Waals surface area contributed by atoms with Crippen LogP contribution in [0.4, 0.5) is 0 Å². The Bertz CT molecular complexity index is 434. The number of carboxylic acid groups (broad SMARTS) is 1. The Labute approximate surface area is 112 Å². The summed E-state index contributed by atoms with van der Waals surface area (Å²) in [7, 11) is 1.56. The fourth-order valence-electron chi connectivity index (χ4n) is 1.64. The Kier molecular flexibility index (Phi) is 5.72. The molecule has 1 aromatic carbocycles. The number of rotatable bonds is 6. The van der Waals surface area contributed by atoms with E-state index in [1.807, 2.05) is 6.92 Å². The molecule has 1 atom stereocenters. The van der Waals surface area contributed by atoms with Gasteiger partial charge in [-0.2, -0.15) is 0 Å². The minimum Gasteiger partial charge on any atom is -0.497 e. The molecular weight excluding hydrogens is 252 g/mol. The van der Waals surface area contributed by atoms with Crippen LogP contribution in [0.15, 0.2) is 35.9 Å². The second-order valence-corrected chi connectivity index (χ2v) is 4.17. The first-order chi connectivity index (χ1) is 8.62. The van der Waals surface area contributed by atoms with Crippen molar-refractivity contribution in [1.82, 2.24) is 0 Å². The van der Waals surface area contributed by atoms with Crippen molar-refractivity contribution in [2.45, 2.75) is 19.3 Å². The average Bonchev–Trinajstić information content (AvgIpc) is 2.39. The van der Waals surface area contributed by atoms with Crippen LogP contribution in [0.25, 0.3) is 0 Å². The maximum atomic E-state index is 11.3. The quantitative estimate of drug-likeness (QED) is 0.635. The van der Waals surface area contributed by atoms with Crippen molar-refractivity contribution >= 4 is 17.6 Å². The molecule has 98 valence electrons. The molecule has 0 saturated heterocycles. The first-order valence-electron chi connectivity index (χ1n) is 5.74. The Morgan fingerprint density at radius 3 is 2.78 bits per heavy atom. The molecule has 0 heterocycles. The lowest BCUT2D eigenvalue weighted by atomic mass is 9.96. The van der Waals surface area contributed by atoms with E-state index in [0.717, 1.165) is 12.0 Å². The summed E-state index contributed by atoms with van der Waals surface area (Å²) in [5.74, 6) is -0.575. The van der Waals surface area contributed by atoms with Crippen LogP contribution in [0.3, 0.4) is 0 Å². The van der Waals surface area contributed by atoms with Crippen molar-refractivity contribution in [2.75, 3.05) is 13.0 Å². The van der Waals surface area contributed by atoms with Gasteiger partial charge in [0.2, 0.25) is 0 Å². The van der Waals surface area contributed by atoms with Gasteiger partial charge < -0.3 is 9.84 Å². The molecule has 1 rings (SSSR count). The predicted octanol–water partition coefficient (Wildman–Crippen LogP) is 3.44. The standard InChI is InChI=1S/C14H17ClO3/c1-3-10(9-15)7-13(14(16)17)11-5-4-6-12(8-11)18-2/h4-8,13H,3,9H2,1-2H3,(H,16,17)/b10-7+/t13-/m1/s1. The van der Waals surface area contributed by atoms with E-state index in [0.29, 0.717) is 17.2 Å². The van der Waals surface area contributed by atoms with Crippen LogP contribution in [0, 0.1) is 0 Å². The van der Waals surface area contributed by atoms with Crippen LogP contribution in [0.1, 0.15) is 24.8 Å². The maximum absolute atomic E-state index is 11.3. The minimum absolute atomic E-state index is 0.351. The number of halogens is 1. The van der Waals surface area contributed by atoms with E-state index in [1.54, 1.807) is 37.5 Å². The number of methoxy groups -OCH3 is 1. The van der Waals surface area contributed by atoms with Crippen molar-refractivity contribution in [2.24, 2.45) is 0 Å². The highest BCUT2D eigenvalue weighted by molar-refractivity contribution is 6.19. The summed E-state index contributed by atoms with van der Waals surface area (Å²) in [6.07, 6.45) is 2.46. The number of hydrogen-bond acceptors (Lipinski definition) is 2. The zero-order chi connectivity index (χ0) is 13.5. The molecule has 0 spiro atoms. The number of ether oxygens (including phenoxy) is 1. The highest BCUT2D eigenvalue weighted by Gasteiger charge is 2.18. The average molecular weight is 269 g/mol. The lowest BCUT2D eigenvalue weighted by molar-refractivity contribution is -0.137. The van der Waals surface area contributed by atoms with Gasteiger partial charge in [-0.3, -0.25) is 4.79 Å². The summed E-state index contributed by atoms with van der Waals surface area (Å²) in [4.78, 5) is 11.3. The van der Waals surface area contributed by atoms with Crippen molar-refractivity contribution in [1.29, 1.82) is 0 Å². The lowest BCUT2D eigenvalue weighted by Gasteiger charge is -2.11. The van der Waals surface area contributed by atoms with Crippen LogP contribution >= 0.6 is 11.6 Å². The van der Waals surface area contributed by atoms with Crippen molar-refractivity contribution < 1.29 is 14.6 Å². The molecule has 0 unspecified atom stereocenters. The van der Waals surface area contributed by atoms with Gasteiger partial charge in [0.05, 0.1) is 7.11 Å². The van der Waals surface area contributed by atoms with Gasteiger partial charge in [0.25, 0.3) is 0 Å². The summed E-state index contributed by atoms with van der Waals surface area (Å²) < 4.78 is 5.10. The number of carboxylic acids is 1. The zero-order valence-corrected chi connectivity index (χ0v) is 11.3. The molecule has 0 saturated carbocycles. The van der Waals surface area contributed by atoms with Crippen LogP contribution in [0.5, 0.6) is 5.75 Å². The first-order valence-corrected chi connectivity index (χ1v) is 6.28. The summed E-state index contributed by atoms with van der Waals surface area (Å²) in [5, 5.41) is 9.30. The van der Waals surface area contributed by atoms with Crippen LogP contribution in [-0.2, 0) is 4.79 Å². The highest BCUT2D eigenvalue weighted by Crippen LogP contribution is 2.24. The molecule has 0 aromatic heterocycles. The van der Waals surface area contributed by atoms with Crippen LogP contribution in [-0.4, -0.2) is 24.1 Å². The van der Waals surface area contributed by atoms with E-state index in [2.05, 4.69) is 0 Å². The number of aliphatic carboxylic acids is 1. The zero-order valence-electron chi connectivity index (χ0n) is 10.5. The number of hydrogen-bond donors (Lipinski definition) is 1. The molecule has 4 heteroatoms. The maximum Gasteiger partial charge on any atom is 0.314 e. The topological polar surface area (TPSA) is 46.5 Å². The highest BCUT2D eigenvalue weighted by atomic mass is 35.5. The fourth-order valence-corrected chi connectivity index (χ4v) is 1.92. The molecule has 0 aliphatic rings. The summed E-state index contributed by atoms with van der Waals surface area (Å²) in [6.45, 7) is 1.96. The summed E-state index contributed by atoms with van der Waals surface area (Å²) >= 11 is 5.78. The third-order valence-corrected chi connectivity index (χ3v) is 3.09. The smallest absolute Gasteiger partial charge is 0.314 e. The fraction of sp³-hybridized carbons (Fsp3) is 0.357. The third kappa shape index (κ3) is 3.77. The van der Waals surface area contributed by atoms with E-state index in [1.165, 1.54) is 0 Å². The Morgan fingerprint density at radius 2 is 2.28 bits per heavy atom. The minimum atomic E-state index is -0.890. The second kappa shape index (κ2) is 7.07. The van der Waals surface area contributed by atoms with Gasteiger partial charge in [0, 0.05) is 5.88 Å².